The monoisotopic (exact) mass is 400 g/mol. The Kier molecular flexibility index (Phi) is 5.45. The molecule has 28 heavy (non-hydrogen) atoms. The highest BCUT2D eigenvalue weighted by Gasteiger charge is 2.37. The number of piperidine rings is 1. The second-order valence-electron chi connectivity index (χ2n) is 7.96. The lowest BCUT2D eigenvalue weighted by Crippen LogP contribution is -2.51. The van der Waals surface area contributed by atoms with E-state index in [0.717, 1.165) is 44.3 Å². The van der Waals surface area contributed by atoms with Crippen LogP contribution in [0, 0.1) is 0 Å². The van der Waals surface area contributed by atoms with Crippen molar-refractivity contribution < 1.29 is 13.2 Å². The zero-order valence-corrected chi connectivity index (χ0v) is 17.1. The van der Waals surface area contributed by atoms with Crippen molar-refractivity contribution in [2.24, 2.45) is 5.73 Å². The van der Waals surface area contributed by atoms with E-state index in [9.17, 15) is 8.42 Å². The van der Waals surface area contributed by atoms with Gasteiger partial charge in [-0.1, -0.05) is 36.4 Å². The zero-order valence-electron chi connectivity index (χ0n) is 16.3. The van der Waals surface area contributed by atoms with Crippen molar-refractivity contribution in [3.63, 3.8) is 0 Å². The highest BCUT2D eigenvalue weighted by molar-refractivity contribution is 7.90. The second-order valence-corrected chi connectivity index (χ2v) is 9.94. The fraction of sp³-hybridized carbons (Fsp3) is 0.455. The number of benzene rings is 2. The van der Waals surface area contributed by atoms with Crippen LogP contribution < -0.4 is 10.5 Å². The van der Waals surface area contributed by atoms with Crippen LogP contribution in [0.5, 0.6) is 5.75 Å². The lowest BCUT2D eigenvalue weighted by atomic mass is 9.84. The second kappa shape index (κ2) is 7.85. The third-order valence-electron chi connectivity index (χ3n) is 5.88. The number of rotatable bonds is 4. The smallest absolute Gasteiger partial charge is 0.179 e. The Hall–Kier alpha value is -1.89. The van der Waals surface area contributed by atoms with Gasteiger partial charge in [-0.05, 0) is 55.5 Å². The minimum Gasteiger partial charge on any atom is -0.483 e. The molecule has 1 fully saturated rings. The summed E-state index contributed by atoms with van der Waals surface area (Å²) < 4.78 is 31.0. The summed E-state index contributed by atoms with van der Waals surface area (Å²) in [6.45, 7) is 1.87. The molecule has 1 aliphatic carbocycles. The molecule has 0 bridgehead atoms. The average Bonchev–Trinajstić information content (AvgIpc) is 2.68. The Labute approximate surface area is 167 Å². The Balaban J connectivity index is 1.72. The number of aryl methyl sites for hydroxylation is 1. The fourth-order valence-electron chi connectivity index (χ4n) is 4.55. The van der Waals surface area contributed by atoms with Crippen molar-refractivity contribution in [1.29, 1.82) is 0 Å². The van der Waals surface area contributed by atoms with Gasteiger partial charge in [0.1, 0.15) is 16.7 Å². The van der Waals surface area contributed by atoms with Gasteiger partial charge in [0, 0.05) is 18.8 Å². The maximum atomic E-state index is 12.3. The van der Waals surface area contributed by atoms with E-state index < -0.39 is 9.84 Å². The summed E-state index contributed by atoms with van der Waals surface area (Å²) in [5.74, 6) is 0.429. The van der Waals surface area contributed by atoms with E-state index in [4.69, 9.17) is 10.5 Å². The van der Waals surface area contributed by atoms with Crippen LogP contribution in [0.3, 0.4) is 0 Å². The number of nitrogens with two attached hydrogens (primary N) is 1. The largest absolute Gasteiger partial charge is 0.483 e. The van der Waals surface area contributed by atoms with Gasteiger partial charge in [0.2, 0.25) is 0 Å². The molecule has 0 saturated carbocycles. The van der Waals surface area contributed by atoms with Crippen LogP contribution in [-0.2, 0) is 16.3 Å². The summed E-state index contributed by atoms with van der Waals surface area (Å²) in [7, 11) is -3.37. The van der Waals surface area contributed by atoms with E-state index >= 15 is 0 Å². The van der Waals surface area contributed by atoms with Crippen LogP contribution in [0.15, 0.2) is 53.4 Å². The topological polar surface area (TPSA) is 72.6 Å². The van der Waals surface area contributed by atoms with Crippen molar-refractivity contribution >= 4 is 9.84 Å². The average molecular weight is 401 g/mol. The molecule has 2 aromatic rings. The molecule has 0 spiro atoms. The molecule has 1 heterocycles. The Morgan fingerprint density at radius 1 is 1.07 bits per heavy atom. The molecule has 0 unspecified atom stereocenters. The Bertz CT molecular complexity index is 944. The van der Waals surface area contributed by atoms with Crippen LogP contribution in [-0.4, -0.2) is 44.7 Å². The number of ether oxygens (including phenoxy) is 1. The molecule has 150 valence electrons. The maximum absolute atomic E-state index is 12.3. The molecule has 1 saturated heterocycles. The van der Waals surface area contributed by atoms with Crippen LogP contribution in [0.4, 0.5) is 0 Å². The molecular formula is C22H28N2O3S. The minimum absolute atomic E-state index is 0.189. The van der Waals surface area contributed by atoms with E-state index in [-0.39, 0.29) is 23.1 Å². The van der Waals surface area contributed by atoms with E-state index in [0.29, 0.717) is 5.75 Å². The van der Waals surface area contributed by atoms with Gasteiger partial charge < -0.3 is 10.5 Å². The highest BCUT2D eigenvalue weighted by Crippen LogP contribution is 2.39. The quantitative estimate of drug-likeness (QED) is 0.854. The lowest BCUT2D eigenvalue weighted by Gasteiger charge is -2.43. The van der Waals surface area contributed by atoms with Crippen molar-refractivity contribution in [3.05, 3.63) is 59.7 Å². The van der Waals surface area contributed by atoms with Crippen LogP contribution >= 0.6 is 0 Å². The summed E-state index contributed by atoms with van der Waals surface area (Å²) in [5, 5.41) is 0. The number of sulfone groups is 1. The first-order valence-corrected chi connectivity index (χ1v) is 11.9. The Morgan fingerprint density at radius 3 is 2.61 bits per heavy atom. The molecule has 3 atom stereocenters. The van der Waals surface area contributed by atoms with Crippen molar-refractivity contribution in [3.8, 4) is 5.75 Å². The van der Waals surface area contributed by atoms with Gasteiger partial charge in [-0.3, -0.25) is 4.90 Å². The zero-order chi connectivity index (χ0) is 19.7. The standard InChI is InChI=1S/C22H28N2O3S/c1-28(25,26)21-11-5-4-10-20(21)27-22-18-9-3-2-7-16(18)12-13-19(22)24-14-6-8-17(23)15-24/h2-5,7,9-11,17,19,22H,6,8,12-15,23H2,1H3/t17-,19-,22-/m0/s1. The first-order valence-electron chi connectivity index (χ1n) is 9.96. The van der Waals surface area contributed by atoms with Gasteiger partial charge in [0.15, 0.2) is 9.84 Å². The van der Waals surface area contributed by atoms with Gasteiger partial charge in [0.05, 0.1) is 6.04 Å². The van der Waals surface area contributed by atoms with Gasteiger partial charge in [-0.2, -0.15) is 0 Å². The van der Waals surface area contributed by atoms with Gasteiger partial charge in [0.25, 0.3) is 0 Å². The van der Waals surface area contributed by atoms with Crippen molar-refractivity contribution in [2.75, 3.05) is 19.3 Å². The number of hydrogen-bond donors (Lipinski definition) is 1. The SMILES string of the molecule is CS(=O)(=O)c1ccccc1O[C@H]1c2ccccc2CC[C@@H]1N1CCC[C@H](N)C1. The molecular weight excluding hydrogens is 372 g/mol. The molecule has 2 N–H and O–H groups in total. The van der Waals surface area contributed by atoms with Gasteiger partial charge in [-0.15, -0.1) is 0 Å². The number of likely N-dealkylation sites (tertiary alicyclic amines) is 1. The van der Waals surface area contributed by atoms with Crippen molar-refractivity contribution in [1.82, 2.24) is 4.90 Å². The van der Waals surface area contributed by atoms with Crippen LogP contribution in [0.1, 0.15) is 36.5 Å². The number of nitrogens with zero attached hydrogens (tertiary/aromatic N) is 1. The van der Waals surface area contributed by atoms with Gasteiger partial charge >= 0.3 is 0 Å². The minimum atomic E-state index is -3.37. The predicted molar refractivity (Wildman–Crippen MR) is 110 cm³/mol. The molecule has 2 aliphatic rings. The molecule has 0 amide bonds. The molecule has 6 heteroatoms. The molecule has 4 rings (SSSR count). The van der Waals surface area contributed by atoms with Crippen LogP contribution in [0.25, 0.3) is 0 Å². The van der Waals surface area contributed by atoms with E-state index in [1.807, 2.05) is 12.1 Å². The molecule has 5 nitrogen and oxygen atoms in total. The predicted octanol–water partition coefficient (Wildman–Crippen LogP) is 2.95. The number of para-hydroxylation sites is 1. The molecule has 0 aromatic heterocycles. The summed E-state index contributed by atoms with van der Waals surface area (Å²) >= 11 is 0. The fourth-order valence-corrected chi connectivity index (χ4v) is 5.36. The number of hydrogen-bond acceptors (Lipinski definition) is 5. The molecule has 0 radical (unpaired) electrons. The summed E-state index contributed by atoms with van der Waals surface area (Å²) in [5.41, 5.74) is 8.68. The van der Waals surface area contributed by atoms with E-state index in [1.165, 1.54) is 11.8 Å². The third kappa shape index (κ3) is 3.95. The molecule has 2 aromatic carbocycles. The Morgan fingerprint density at radius 2 is 1.82 bits per heavy atom. The summed E-state index contributed by atoms with van der Waals surface area (Å²) in [6, 6.07) is 15.6. The summed E-state index contributed by atoms with van der Waals surface area (Å²) in [4.78, 5) is 2.69. The van der Waals surface area contributed by atoms with Gasteiger partial charge in [-0.25, -0.2) is 8.42 Å². The summed E-state index contributed by atoms with van der Waals surface area (Å²) in [6.07, 6.45) is 5.15. The normalized spacial score (nSPS) is 25.9. The van der Waals surface area contributed by atoms with E-state index in [1.54, 1.807) is 18.2 Å². The van der Waals surface area contributed by atoms with Crippen LogP contribution in [0.2, 0.25) is 0 Å². The maximum Gasteiger partial charge on any atom is 0.179 e. The number of fused-ring (bicyclic) bond motifs is 1. The van der Waals surface area contributed by atoms with Crippen molar-refractivity contribution in [2.45, 2.75) is 48.8 Å². The highest BCUT2D eigenvalue weighted by atomic mass is 32.2. The third-order valence-corrected chi connectivity index (χ3v) is 7.02. The first-order chi connectivity index (χ1) is 13.4. The molecule has 1 aliphatic heterocycles. The first kappa shape index (κ1) is 19.4. The lowest BCUT2D eigenvalue weighted by molar-refractivity contribution is 0.0352. The van der Waals surface area contributed by atoms with E-state index in [2.05, 4.69) is 23.1 Å².